The zero-order chi connectivity index (χ0) is 15.4. The van der Waals surface area contributed by atoms with Gasteiger partial charge in [-0.15, -0.1) is 0 Å². The van der Waals surface area contributed by atoms with E-state index in [2.05, 4.69) is 16.6 Å². The molecule has 0 fully saturated rings. The second-order valence-corrected chi connectivity index (χ2v) is 5.25. The van der Waals surface area contributed by atoms with Crippen molar-refractivity contribution in [3.8, 4) is 17.0 Å². The molecule has 2 aromatic heterocycles. The van der Waals surface area contributed by atoms with Crippen LogP contribution in [0.15, 0.2) is 48.7 Å². The number of fused-ring (bicyclic) bond motifs is 1. The molecule has 0 aliphatic carbocycles. The molecule has 3 aromatic rings. The van der Waals surface area contributed by atoms with Gasteiger partial charge in [-0.25, -0.2) is 4.98 Å². The molecule has 0 amide bonds. The van der Waals surface area contributed by atoms with Crippen LogP contribution in [0.1, 0.15) is 19.8 Å². The zero-order valence-corrected chi connectivity index (χ0v) is 13.0. The fourth-order valence-corrected chi connectivity index (χ4v) is 2.50. The van der Waals surface area contributed by atoms with E-state index in [-0.39, 0.29) is 0 Å². The molecule has 0 atom stereocenters. The van der Waals surface area contributed by atoms with Crippen LogP contribution in [0.5, 0.6) is 5.75 Å². The third-order valence-corrected chi connectivity index (χ3v) is 3.72. The Morgan fingerprint density at radius 2 is 1.95 bits per heavy atom. The first-order chi connectivity index (χ1) is 10.8. The molecule has 4 heteroatoms. The fourth-order valence-electron chi connectivity index (χ4n) is 2.50. The molecule has 3 rings (SSSR count). The van der Waals surface area contributed by atoms with Crippen molar-refractivity contribution in [3.63, 3.8) is 0 Å². The molecule has 0 aliphatic rings. The third kappa shape index (κ3) is 2.77. The molecule has 4 nitrogen and oxygen atoms in total. The lowest BCUT2D eigenvalue weighted by atomic mass is 10.1. The molecule has 22 heavy (non-hydrogen) atoms. The van der Waals surface area contributed by atoms with E-state index in [4.69, 9.17) is 9.72 Å². The number of methoxy groups -OCH3 is 1. The van der Waals surface area contributed by atoms with Crippen molar-refractivity contribution in [1.29, 1.82) is 0 Å². The zero-order valence-electron chi connectivity index (χ0n) is 13.0. The van der Waals surface area contributed by atoms with Gasteiger partial charge in [0, 0.05) is 18.3 Å². The smallest absolute Gasteiger partial charge is 0.139 e. The van der Waals surface area contributed by atoms with E-state index in [0.717, 1.165) is 41.4 Å². The summed E-state index contributed by atoms with van der Waals surface area (Å²) in [6, 6.07) is 14.1. The first kappa shape index (κ1) is 14.4. The van der Waals surface area contributed by atoms with E-state index in [1.54, 1.807) is 7.11 Å². The number of pyridine rings is 1. The highest BCUT2D eigenvalue weighted by atomic mass is 16.5. The summed E-state index contributed by atoms with van der Waals surface area (Å²) in [5, 5.41) is 3.53. The minimum atomic E-state index is 0.855. The van der Waals surface area contributed by atoms with E-state index in [1.807, 2.05) is 48.7 Å². The number of anilines is 1. The predicted octanol–water partition coefficient (Wildman–Crippen LogP) is 4.22. The largest absolute Gasteiger partial charge is 0.497 e. The highest BCUT2D eigenvalue weighted by Gasteiger charge is 2.13. The number of ether oxygens (including phenoxy) is 1. The van der Waals surface area contributed by atoms with Gasteiger partial charge in [0.25, 0.3) is 0 Å². The molecule has 1 N–H and O–H groups in total. The van der Waals surface area contributed by atoms with Crippen molar-refractivity contribution in [2.24, 2.45) is 0 Å². The van der Waals surface area contributed by atoms with E-state index in [9.17, 15) is 0 Å². The Hall–Kier alpha value is -2.49. The Kier molecular flexibility index (Phi) is 4.28. The first-order valence-electron chi connectivity index (χ1n) is 7.69. The summed E-state index contributed by atoms with van der Waals surface area (Å²) in [7, 11) is 1.68. The van der Waals surface area contributed by atoms with Crippen molar-refractivity contribution in [1.82, 2.24) is 9.38 Å². The Morgan fingerprint density at radius 3 is 2.68 bits per heavy atom. The van der Waals surface area contributed by atoms with E-state index in [1.165, 1.54) is 6.42 Å². The number of unbranched alkanes of at least 4 members (excludes halogenated alkanes) is 1. The molecule has 0 spiro atoms. The van der Waals surface area contributed by atoms with Gasteiger partial charge in [0.05, 0.1) is 7.11 Å². The summed E-state index contributed by atoms with van der Waals surface area (Å²) in [5.74, 6) is 1.90. The Labute approximate surface area is 130 Å². The summed E-state index contributed by atoms with van der Waals surface area (Å²) in [4.78, 5) is 4.78. The molecule has 0 aliphatic heterocycles. The maximum Gasteiger partial charge on any atom is 0.139 e. The number of rotatable bonds is 6. The standard InChI is InChI=1S/C18H21N3O/c1-3-4-12-19-18-17(14-8-10-15(22-2)11-9-14)20-16-7-5-6-13-21(16)18/h5-11,13,19H,3-4,12H2,1-2H3. The Bertz CT molecular complexity index is 747. The van der Waals surface area contributed by atoms with Gasteiger partial charge in [-0.05, 0) is 42.8 Å². The molecule has 114 valence electrons. The average Bonchev–Trinajstić information content (AvgIpc) is 2.94. The van der Waals surface area contributed by atoms with Crippen LogP contribution >= 0.6 is 0 Å². The Morgan fingerprint density at radius 1 is 1.14 bits per heavy atom. The van der Waals surface area contributed by atoms with Gasteiger partial charge in [0.2, 0.25) is 0 Å². The first-order valence-corrected chi connectivity index (χ1v) is 7.69. The number of nitrogens with one attached hydrogen (secondary N) is 1. The number of nitrogens with zero attached hydrogens (tertiary/aromatic N) is 2. The number of hydrogen-bond donors (Lipinski definition) is 1. The van der Waals surface area contributed by atoms with Gasteiger partial charge in [-0.2, -0.15) is 0 Å². The lowest BCUT2D eigenvalue weighted by molar-refractivity contribution is 0.415. The highest BCUT2D eigenvalue weighted by Crippen LogP contribution is 2.29. The summed E-state index contributed by atoms with van der Waals surface area (Å²) in [6.45, 7) is 3.14. The van der Waals surface area contributed by atoms with Crippen LogP contribution in [-0.2, 0) is 0 Å². The van der Waals surface area contributed by atoms with Crippen molar-refractivity contribution in [3.05, 3.63) is 48.7 Å². The molecule has 0 saturated carbocycles. The minimum absolute atomic E-state index is 0.855. The lowest BCUT2D eigenvalue weighted by Gasteiger charge is -2.08. The van der Waals surface area contributed by atoms with Crippen molar-refractivity contribution in [2.75, 3.05) is 19.0 Å². The molecule has 0 bridgehead atoms. The highest BCUT2D eigenvalue weighted by molar-refractivity contribution is 5.76. The van der Waals surface area contributed by atoms with Crippen LogP contribution in [0.4, 0.5) is 5.82 Å². The fraction of sp³-hybridized carbons (Fsp3) is 0.278. The molecular weight excluding hydrogens is 274 g/mol. The van der Waals surface area contributed by atoms with Gasteiger partial charge < -0.3 is 10.1 Å². The minimum Gasteiger partial charge on any atom is -0.497 e. The Balaban J connectivity index is 2.04. The van der Waals surface area contributed by atoms with Crippen molar-refractivity contribution < 1.29 is 4.74 Å². The van der Waals surface area contributed by atoms with E-state index >= 15 is 0 Å². The van der Waals surface area contributed by atoms with Gasteiger partial charge >= 0.3 is 0 Å². The molecule has 0 radical (unpaired) electrons. The monoisotopic (exact) mass is 295 g/mol. The maximum atomic E-state index is 5.23. The average molecular weight is 295 g/mol. The second-order valence-electron chi connectivity index (χ2n) is 5.25. The summed E-state index contributed by atoms with van der Waals surface area (Å²) in [6.07, 6.45) is 4.35. The van der Waals surface area contributed by atoms with Crippen LogP contribution in [0.3, 0.4) is 0 Å². The molecule has 1 aromatic carbocycles. The third-order valence-electron chi connectivity index (χ3n) is 3.72. The predicted molar refractivity (Wildman–Crippen MR) is 90.6 cm³/mol. The number of imidazole rings is 1. The summed E-state index contributed by atoms with van der Waals surface area (Å²) >= 11 is 0. The van der Waals surface area contributed by atoms with E-state index < -0.39 is 0 Å². The van der Waals surface area contributed by atoms with Gasteiger partial charge in [0.1, 0.15) is 22.9 Å². The van der Waals surface area contributed by atoms with Gasteiger partial charge in [0.15, 0.2) is 0 Å². The van der Waals surface area contributed by atoms with Gasteiger partial charge in [-0.1, -0.05) is 19.4 Å². The number of benzene rings is 1. The summed E-state index contributed by atoms with van der Waals surface area (Å²) < 4.78 is 7.34. The van der Waals surface area contributed by atoms with Crippen LogP contribution in [0.2, 0.25) is 0 Å². The SMILES string of the molecule is CCCCNc1c(-c2ccc(OC)cc2)nc2ccccn12. The second kappa shape index (κ2) is 6.52. The summed E-state index contributed by atoms with van der Waals surface area (Å²) in [5.41, 5.74) is 3.01. The quantitative estimate of drug-likeness (QED) is 0.692. The van der Waals surface area contributed by atoms with Crippen molar-refractivity contribution in [2.45, 2.75) is 19.8 Å². The molecule has 0 saturated heterocycles. The van der Waals surface area contributed by atoms with Crippen LogP contribution in [0.25, 0.3) is 16.9 Å². The van der Waals surface area contributed by atoms with Crippen LogP contribution < -0.4 is 10.1 Å². The van der Waals surface area contributed by atoms with Crippen LogP contribution in [0, 0.1) is 0 Å². The van der Waals surface area contributed by atoms with Crippen LogP contribution in [-0.4, -0.2) is 23.0 Å². The van der Waals surface area contributed by atoms with Gasteiger partial charge in [-0.3, -0.25) is 4.40 Å². The lowest BCUT2D eigenvalue weighted by Crippen LogP contribution is -2.04. The number of aromatic nitrogens is 2. The number of hydrogen-bond acceptors (Lipinski definition) is 3. The maximum absolute atomic E-state index is 5.23. The molecular formula is C18H21N3O. The molecule has 0 unspecified atom stereocenters. The van der Waals surface area contributed by atoms with E-state index in [0.29, 0.717) is 0 Å². The molecule has 2 heterocycles. The van der Waals surface area contributed by atoms with Crippen molar-refractivity contribution >= 4 is 11.5 Å². The normalized spacial score (nSPS) is 10.8. The topological polar surface area (TPSA) is 38.6 Å².